The van der Waals surface area contributed by atoms with E-state index in [0.717, 1.165) is 43.4 Å². The van der Waals surface area contributed by atoms with Gasteiger partial charge in [0.05, 0.1) is 19.0 Å². The van der Waals surface area contributed by atoms with Crippen molar-refractivity contribution in [3.63, 3.8) is 0 Å². The SMILES string of the molecule is CN=c1scc(-c2ccc3cc(OC)ccc3c2)n1N=Cc1c(O)ccc2ccccc12. The largest absolute Gasteiger partial charge is 0.507 e. The zero-order chi connectivity index (χ0) is 22.1. The molecule has 0 fully saturated rings. The molecule has 0 atom stereocenters. The summed E-state index contributed by atoms with van der Waals surface area (Å²) >= 11 is 1.53. The van der Waals surface area contributed by atoms with Crippen LogP contribution in [0.5, 0.6) is 11.5 Å². The molecule has 0 bridgehead atoms. The molecule has 1 aromatic heterocycles. The molecule has 1 N–H and O–H groups in total. The van der Waals surface area contributed by atoms with Crippen LogP contribution < -0.4 is 9.54 Å². The van der Waals surface area contributed by atoms with Gasteiger partial charge in [0, 0.05) is 23.6 Å². The fraction of sp³-hybridized carbons (Fsp3) is 0.0769. The van der Waals surface area contributed by atoms with E-state index in [4.69, 9.17) is 9.84 Å². The minimum atomic E-state index is 0.194. The normalized spacial score (nSPS) is 12.2. The number of methoxy groups -OCH3 is 1. The average Bonchev–Trinajstić information content (AvgIpc) is 3.25. The quantitative estimate of drug-likeness (QED) is 0.368. The fourth-order valence-electron chi connectivity index (χ4n) is 3.81. The Kier molecular flexibility index (Phi) is 5.21. The van der Waals surface area contributed by atoms with Gasteiger partial charge in [-0.1, -0.05) is 48.5 Å². The maximum atomic E-state index is 10.5. The second-order valence-corrected chi connectivity index (χ2v) is 8.17. The highest BCUT2D eigenvalue weighted by Crippen LogP contribution is 2.28. The van der Waals surface area contributed by atoms with E-state index in [1.165, 1.54) is 11.3 Å². The molecule has 158 valence electrons. The van der Waals surface area contributed by atoms with Crippen molar-refractivity contribution in [2.75, 3.05) is 14.2 Å². The van der Waals surface area contributed by atoms with E-state index in [1.807, 2.05) is 52.5 Å². The number of aromatic nitrogens is 1. The van der Waals surface area contributed by atoms with Crippen LogP contribution in [0.2, 0.25) is 0 Å². The molecule has 5 aromatic rings. The van der Waals surface area contributed by atoms with Crippen LogP contribution in [-0.4, -0.2) is 30.2 Å². The van der Waals surface area contributed by atoms with Gasteiger partial charge in [0.25, 0.3) is 0 Å². The maximum absolute atomic E-state index is 10.5. The van der Waals surface area contributed by atoms with Crippen molar-refractivity contribution in [3.05, 3.63) is 88.5 Å². The molecule has 0 amide bonds. The Morgan fingerprint density at radius 1 is 0.938 bits per heavy atom. The molecule has 1 heterocycles. The van der Waals surface area contributed by atoms with Gasteiger partial charge in [-0.05, 0) is 45.8 Å². The third-order valence-corrected chi connectivity index (χ3v) is 6.38. The molecule has 0 saturated heterocycles. The molecule has 0 spiro atoms. The lowest BCUT2D eigenvalue weighted by molar-refractivity contribution is 0.415. The molecule has 0 unspecified atom stereocenters. The van der Waals surface area contributed by atoms with Crippen LogP contribution >= 0.6 is 11.3 Å². The monoisotopic (exact) mass is 439 g/mol. The summed E-state index contributed by atoms with van der Waals surface area (Å²) in [5.41, 5.74) is 2.65. The second-order valence-electron chi connectivity index (χ2n) is 7.33. The van der Waals surface area contributed by atoms with Gasteiger partial charge in [-0.2, -0.15) is 5.10 Å². The topological polar surface area (TPSA) is 59.1 Å². The van der Waals surface area contributed by atoms with Crippen molar-refractivity contribution >= 4 is 39.1 Å². The van der Waals surface area contributed by atoms with Crippen molar-refractivity contribution in [3.8, 4) is 22.8 Å². The van der Waals surface area contributed by atoms with Crippen molar-refractivity contribution in [1.29, 1.82) is 0 Å². The van der Waals surface area contributed by atoms with E-state index >= 15 is 0 Å². The van der Waals surface area contributed by atoms with E-state index in [0.29, 0.717) is 5.56 Å². The Morgan fingerprint density at radius 2 is 1.72 bits per heavy atom. The van der Waals surface area contributed by atoms with Crippen molar-refractivity contribution in [1.82, 2.24) is 4.68 Å². The summed E-state index contributed by atoms with van der Waals surface area (Å²) in [6.45, 7) is 0. The molecule has 0 aliphatic heterocycles. The fourth-order valence-corrected chi connectivity index (χ4v) is 4.61. The number of phenolic OH excluding ortho intramolecular Hbond substituents is 1. The molecule has 0 saturated carbocycles. The summed E-state index contributed by atoms with van der Waals surface area (Å²) in [4.78, 5) is 5.16. The molecule has 32 heavy (non-hydrogen) atoms. The highest BCUT2D eigenvalue weighted by atomic mass is 32.1. The number of ether oxygens (including phenoxy) is 1. The lowest BCUT2D eigenvalue weighted by atomic mass is 10.0. The number of nitrogens with zero attached hydrogens (tertiary/aromatic N) is 3. The molecule has 5 nitrogen and oxygen atoms in total. The van der Waals surface area contributed by atoms with E-state index in [2.05, 4.69) is 29.3 Å². The van der Waals surface area contributed by atoms with Crippen LogP contribution in [0.25, 0.3) is 32.8 Å². The number of hydrogen-bond acceptors (Lipinski definition) is 5. The van der Waals surface area contributed by atoms with Crippen molar-refractivity contribution in [2.24, 2.45) is 10.1 Å². The number of aromatic hydroxyl groups is 1. The minimum absolute atomic E-state index is 0.194. The zero-order valence-electron chi connectivity index (χ0n) is 17.7. The van der Waals surface area contributed by atoms with E-state index in [9.17, 15) is 5.11 Å². The highest BCUT2D eigenvalue weighted by Gasteiger charge is 2.10. The number of phenols is 1. The van der Waals surface area contributed by atoms with Gasteiger partial charge >= 0.3 is 0 Å². The predicted octanol–water partition coefficient (Wildman–Crippen LogP) is 5.65. The standard InChI is InChI=1S/C26H21N3O2S/c1-27-26-29(28-15-23-22-6-4-3-5-17(22)10-12-25(23)30)24(16-32-26)20-8-7-19-14-21(31-2)11-9-18(19)13-20/h3-16,30H,1-2H3. The van der Waals surface area contributed by atoms with Gasteiger partial charge in [-0.3, -0.25) is 4.99 Å². The lowest BCUT2D eigenvalue weighted by Crippen LogP contribution is -2.11. The molecule has 5 rings (SSSR count). The Morgan fingerprint density at radius 3 is 2.56 bits per heavy atom. The third-order valence-electron chi connectivity index (χ3n) is 5.47. The number of benzene rings is 4. The molecule has 0 aliphatic rings. The summed E-state index contributed by atoms with van der Waals surface area (Å²) in [5, 5.41) is 21.5. The average molecular weight is 440 g/mol. The summed E-state index contributed by atoms with van der Waals surface area (Å²) in [6, 6.07) is 23.9. The van der Waals surface area contributed by atoms with Crippen molar-refractivity contribution < 1.29 is 9.84 Å². The van der Waals surface area contributed by atoms with Crippen LogP contribution in [0.4, 0.5) is 0 Å². The lowest BCUT2D eigenvalue weighted by Gasteiger charge is -2.08. The Labute approximate surface area is 189 Å². The number of rotatable bonds is 4. The van der Waals surface area contributed by atoms with Crippen LogP contribution in [0.15, 0.2) is 88.3 Å². The smallest absolute Gasteiger partial charge is 0.205 e. The van der Waals surface area contributed by atoms with Crippen LogP contribution in [-0.2, 0) is 0 Å². The molecule has 0 aliphatic carbocycles. The molecular weight excluding hydrogens is 418 g/mol. The van der Waals surface area contributed by atoms with Gasteiger partial charge in [0.1, 0.15) is 11.5 Å². The van der Waals surface area contributed by atoms with Crippen LogP contribution in [0, 0.1) is 0 Å². The van der Waals surface area contributed by atoms with Gasteiger partial charge in [0.15, 0.2) is 0 Å². The highest BCUT2D eigenvalue weighted by molar-refractivity contribution is 7.07. The van der Waals surface area contributed by atoms with Gasteiger partial charge in [-0.15, -0.1) is 11.3 Å². The summed E-state index contributed by atoms with van der Waals surface area (Å²) < 4.78 is 7.15. The Hall–Kier alpha value is -3.90. The van der Waals surface area contributed by atoms with E-state index in [-0.39, 0.29) is 5.75 Å². The van der Waals surface area contributed by atoms with Gasteiger partial charge in [-0.25, -0.2) is 4.68 Å². The van der Waals surface area contributed by atoms with Crippen LogP contribution in [0.1, 0.15) is 5.56 Å². The third kappa shape index (κ3) is 3.55. The minimum Gasteiger partial charge on any atom is -0.507 e. The number of hydrogen-bond donors (Lipinski definition) is 1. The Balaban J connectivity index is 1.62. The summed E-state index contributed by atoms with van der Waals surface area (Å²) in [6.07, 6.45) is 1.70. The first-order valence-electron chi connectivity index (χ1n) is 10.1. The molecular formula is C26H21N3O2S. The van der Waals surface area contributed by atoms with Gasteiger partial charge < -0.3 is 9.84 Å². The zero-order valence-corrected chi connectivity index (χ0v) is 18.5. The van der Waals surface area contributed by atoms with E-state index in [1.54, 1.807) is 26.4 Å². The van der Waals surface area contributed by atoms with E-state index < -0.39 is 0 Å². The van der Waals surface area contributed by atoms with Gasteiger partial charge in [0.2, 0.25) is 4.80 Å². The summed E-state index contributed by atoms with van der Waals surface area (Å²) in [7, 11) is 3.43. The Bertz CT molecular complexity index is 1550. The first kappa shape index (κ1) is 20.0. The molecule has 6 heteroatoms. The maximum Gasteiger partial charge on any atom is 0.205 e. The summed E-state index contributed by atoms with van der Waals surface area (Å²) in [5.74, 6) is 1.03. The predicted molar refractivity (Wildman–Crippen MR) is 132 cm³/mol. The molecule has 0 radical (unpaired) electrons. The van der Waals surface area contributed by atoms with Crippen molar-refractivity contribution in [2.45, 2.75) is 0 Å². The molecule has 4 aromatic carbocycles. The first-order chi connectivity index (χ1) is 15.7. The second kappa shape index (κ2) is 8.32. The first-order valence-corrected chi connectivity index (χ1v) is 11.0. The number of fused-ring (bicyclic) bond motifs is 2. The van der Waals surface area contributed by atoms with Crippen LogP contribution in [0.3, 0.4) is 0 Å². The number of thiazole rings is 1.